The van der Waals surface area contributed by atoms with Crippen LogP contribution in [-0.2, 0) is 9.53 Å². The second-order valence-corrected chi connectivity index (χ2v) is 7.14. The summed E-state index contributed by atoms with van der Waals surface area (Å²) < 4.78 is 16.0. The number of carboxylic acids is 1. The van der Waals surface area contributed by atoms with Crippen molar-refractivity contribution in [2.45, 2.75) is 30.7 Å². The molecule has 0 saturated carbocycles. The summed E-state index contributed by atoms with van der Waals surface area (Å²) in [4.78, 5) is 23.8. The molecule has 12 heteroatoms. The second kappa shape index (κ2) is 9.05. The Bertz CT molecular complexity index is 1220. The number of carboxylic acid groups (broad SMARTS) is 1. The van der Waals surface area contributed by atoms with Crippen molar-refractivity contribution >= 4 is 16.9 Å². The van der Waals surface area contributed by atoms with Gasteiger partial charge in [0, 0.05) is 17.7 Å². The topological polar surface area (TPSA) is 219 Å². The lowest BCUT2D eigenvalue weighted by Crippen LogP contribution is -2.61. The van der Waals surface area contributed by atoms with Crippen molar-refractivity contribution in [3.8, 4) is 28.6 Å². The Hall–Kier alpha value is -3.68. The van der Waals surface area contributed by atoms with Gasteiger partial charge >= 0.3 is 5.97 Å². The van der Waals surface area contributed by atoms with Crippen LogP contribution in [0.25, 0.3) is 22.3 Å². The van der Waals surface area contributed by atoms with Gasteiger partial charge in [-0.15, -0.1) is 0 Å². The van der Waals surface area contributed by atoms with Crippen molar-refractivity contribution < 1.29 is 54.8 Å². The van der Waals surface area contributed by atoms with E-state index >= 15 is 0 Å². The van der Waals surface area contributed by atoms with E-state index in [0.29, 0.717) is 5.56 Å². The molecule has 1 fully saturated rings. The maximum atomic E-state index is 12.5. The molecule has 0 radical (unpaired) electrons. The number of aromatic hydroxyl groups is 2. The van der Waals surface area contributed by atoms with Gasteiger partial charge in [-0.25, -0.2) is 4.79 Å². The number of aliphatic carboxylic acids is 1. The zero-order valence-electron chi connectivity index (χ0n) is 16.7. The summed E-state index contributed by atoms with van der Waals surface area (Å²) >= 11 is 0. The molecule has 2 aromatic carbocycles. The molecule has 0 unspecified atom stereocenters. The first-order chi connectivity index (χ1) is 15.2. The Kier molecular flexibility index (Phi) is 6.58. The summed E-state index contributed by atoms with van der Waals surface area (Å²) in [6, 6.07) is 10.8. The van der Waals surface area contributed by atoms with E-state index in [9.17, 15) is 35.1 Å². The molecule has 33 heavy (non-hydrogen) atoms. The monoisotopic (exact) mass is 464 g/mol. The molecular formula is C21H20O12. The summed E-state index contributed by atoms with van der Waals surface area (Å²) in [6.07, 6.45) is -9.56. The van der Waals surface area contributed by atoms with Crippen molar-refractivity contribution in [1.29, 1.82) is 0 Å². The fourth-order valence-electron chi connectivity index (χ4n) is 3.38. The van der Waals surface area contributed by atoms with Crippen LogP contribution in [0.5, 0.6) is 17.2 Å². The standard InChI is InChI=1S/C21H18O11.H2O/c22-9-6-10(8-4-2-1-3-5-8)30-11-7-12(14(23)15(24)13(9)11)31-21-18(27)16(25)17(26)19(32-21)20(28)29;/h1-7,16-19,21,23-27H,(H,28,29);1H2/t16-,17-,18+,19-,21+;/m1./s1. The lowest BCUT2D eigenvalue weighted by molar-refractivity contribution is -0.271. The van der Waals surface area contributed by atoms with Gasteiger partial charge in [0.15, 0.2) is 23.0 Å². The highest BCUT2D eigenvalue weighted by atomic mass is 16.7. The van der Waals surface area contributed by atoms with E-state index in [2.05, 4.69) is 0 Å². The molecule has 3 aromatic rings. The van der Waals surface area contributed by atoms with Gasteiger partial charge in [-0.2, -0.15) is 0 Å². The first kappa shape index (κ1) is 24.0. The minimum absolute atomic E-state index is 0. The van der Waals surface area contributed by atoms with E-state index in [-0.39, 0.29) is 22.2 Å². The van der Waals surface area contributed by atoms with E-state index in [4.69, 9.17) is 19.0 Å². The normalized spacial score (nSPS) is 24.8. The zero-order valence-corrected chi connectivity index (χ0v) is 16.7. The fraction of sp³-hybridized carbons (Fsp3) is 0.238. The lowest BCUT2D eigenvalue weighted by Gasteiger charge is -2.38. The molecular weight excluding hydrogens is 444 g/mol. The summed E-state index contributed by atoms with van der Waals surface area (Å²) in [5.74, 6) is -3.76. The van der Waals surface area contributed by atoms with E-state index in [1.807, 2.05) is 0 Å². The number of benzene rings is 2. The fourth-order valence-corrected chi connectivity index (χ4v) is 3.38. The average molecular weight is 464 g/mol. The third-order valence-electron chi connectivity index (χ3n) is 5.05. The Morgan fingerprint density at radius 3 is 2.24 bits per heavy atom. The number of rotatable bonds is 4. The van der Waals surface area contributed by atoms with Gasteiger partial charge in [0.1, 0.15) is 35.0 Å². The molecule has 1 aromatic heterocycles. The molecule has 8 N–H and O–H groups in total. The first-order valence-electron chi connectivity index (χ1n) is 9.36. The second-order valence-electron chi connectivity index (χ2n) is 7.14. The molecule has 0 aliphatic carbocycles. The van der Waals surface area contributed by atoms with E-state index in [0.717, 1.165) is 12.1 Å². The van der Waals surface area contributed by atoms with Crippen molar-refractivity contribution in [2.24, 2.45) is 0 Å². The molecule has 5 atom stereocenters. The maximum absolute atomic E-state index is 12.5. The minimum atomic E-state index is -1.94. The zero-order chi connectivity index (χ0) is 23.2. The third kappa shape index (κ3) is 4.20. The molecule has 176 valence electrons. The first-order valence-corrected chi connectivity index (χ1v) is 9.36. The summed E-state index contributed by atoms with van der Waals surface area (Å²) in [5, 5.41) is 59.2. The van der Waals surface area contributed by atoms with Crippen molar-refractivity contribution in [3.05, 3.63) is 52.7 Å². The van der Waals surface area contributed by atoms with Gasteiger partial charge in [0.05, 0.1) is 0 Å². The van der Waals surface area contributed by atoms with Crippen LogP contribution in [0.2, 0.25) is 0 Å². The predicted octanol–water partition coefficient (Wildman–Crippen LogP) is -0.683. The highest BCUT2D eigenvalue weighted by molar-refractivity contribution is 5.89. The number of phenolic OH excluding ortho intramolecular Hbond substituents is 2. The number of aliphatic hydroxyl groups is 3. The van der Waals surface area contributed by atoms with E-state index in [1.54, 1.807) is 30.3 Å². The molecule has 4 rings (SSSR count). The maximum Gasteiger partial charge on any atom is 0.335 e. The van der Waals surface area contributed by atoms with Gasteiger partial charge in [-0.05, 0) is 0 Å². The van der Waals surface area contributed by atoms with E-state index in [1.165, 1.54) is 0 Å². The summed E-state index contributed by atoms with van der Waals surface area (Å²) in [5.41, 5.74) is -0.265. The molecule has 12 nitrogen and oxygen atoms in total. The predicted molar refractivity (Wildman–Crippen MR) is 110 cm³/mol. The number of hydrogen-bond donors (Lipinski definition) is 6. The van der Waals surface area contributed by atoms with Gasteiger partial charge in [0.25, 0.3) is 0 Å². The van der Waals surface area contributed by atoms with Gasteiger partial charge in [0.2, 0.25) is 12.0 Å². The molecule has 1 saturated heterocycles. The number of carbonyl (C=O) groups is 1. The van der Waals surface area contributed by atoms with Gasteiger partial charge in [-0.3, -0.25) is 4.79 Å². The number of hydrogen-bond acceptors (Lipinski definition) is 10. The average Bonchev–Trinajstić information content (AvgIpc) is 2.77. The van der Waals surface area contributed by atoms with Gasteiger partial charge < -0.3 is 50.0 Å². The van der Waals surface area contributed by atoms with Crippen LogP contribution < -0.4 is 10.2 Å². The Balaban J connectivity index is 0.00000306. The smallest absolute Gasteiger partial charge is 0.335 e. The Labute approximate surface area is 184 Å². The molecule has 1 aliphatic rings. The van der Waals surface area contributed by atoms with E-state index < -0.39 is 59.4 Å². The Morgan fingerprint density at radius 2 is 1.61 bits per heavy atom. The van der Waals surface area contributed by atoms with Gasteiger partial charge in [-0.1, -0.05) is 30.3 Å². The number of phenols is 2. The highest BCUT2D eigenvalue weighted by Gasteiger charge is 2.48. The van der Waals surface area contributed by atoms with Crippen molar-refractivity contribution in [1.82, 2.24) is 0 Å². The highest BCUT2D eigenvalue weighted by Crippen LogP contribution is 2.42. The molecule has 0 bridgehead atoms. The molecule has 1 aliphatic heterocycles. The van der Waals surface area contributed by atoms with Crippen molar-refractivity contribution in [3.63, 3.8) is 0 Å². The number of ether oxygens (including phenoxy) is 2. The summed E-state index contributed by atoms with van der Waals surface area (Å²) in [7, 11) is 0. The van der Waals surface area contributed by atoms with Crippen LogP contribution >= 0.6 is 0 Å². The van der Waals surface area contributed by atoms with Crippen molar-refractivity contribution in [2.75, 3.05) is 0 Å². The molecule has 0 amide bonds. The molecule has 0 spiro atoms. The SMILES string of the molecule is O.O=C(O)[C@@H]1O[C@H](Oc2cc3oc(-c4ccccc4)cc(=O)c3c(O)c2O)[C@@H](O)[C@H](O)[C@H]1O. The van der Waals surface area contributed by atoms with Crippen LogP contribution in [0, 0.1) is 0 Å². The largest absolute Gasteiger partial charge is 0.504 e. The lowest BCUT2D eigenvalue weighted by atomic mass is 9.99. The van der Waals surface area contributed by atoms with Crippen LogP contribution in [0.15, 0.2) is 51.7 Å². The minimum Gasteiger partial charge on any atom is -0.504 e. The van der Waals surface area contributed by atoms with Crippen LogP contribution in [0.4, 0.5) is 0 Å². The van der Waals surface area contributed by atoms with Crippen LogP contribution in [-0.4, -0.2) is 72.8 Å². The number of aliphatic hydroxyl groups excluding tert-OH is 3. The summed E-state index contributed by atoms with van der Waals surface area (Å²) in [6.45, 7) is 0. The molecule has 2 heterocycles. The Morgan fingerprint density at radius 1 is 0.939 bits per heavy atom. The third-order valence-corrected chi connectivity index (χ3v) is 5.05. The van der Waals surface area contributed by atoms with Crippen LogP contribution in [0.1, 0.15) is 0 Å². The quantitative estimate of drug-likeness (QED) is 0.266. The van der Waals surface area contributed by atoms with Crippen LogP contribution in [0.3, 0.4) is 0 Å². The number of fused-ring (bicyclic) bond motifs is 1.